The van der Waals surface area contributed by atoms with Gasteiger partial charge in [0, 0.05) is 18.6 Å². The van der Waals surface area contributed by atoms with Gasteiger partial charge in [-0.25, -0.2) is 0 Å². The lowest BCUT2D eigenvalue weighted by molar-refractivity contribution is -0.117. The monoisotopic (exact) mass is 397 g/mol. The molecule has 0 saturated carbocycles. The van der Waals surface area contributed by atoms with Crippen LogP contribution in [0.3, 0.4) is 0 Å². The molecule has 2 rings (SSSR count). The summed E-state index contributed by atoms with van der Waals surface area (Å²) in [6, 6.07) is 17.2. The Balaban J connectivity index is 2.18. The van der Waals surface area contributed by atoms with Crippen LogP contribution in [0, 0.1) is 11.3 Å². The van der Waals surface area contributed by atoms with Crippen molar-refractivity contribution in [1.29, 1.82) is 5.26 Å². The van der Waals surface area contributed by atoms with Gasteiger partial charge >= 0.3 is 0 Å². The Morgan fingerprint density at radius 1 is 1.24 bits per heavy atom. The first-order valence-corrected chi connectivity index (χ1v) is 8.66. The summed E-state index contributed by atoms with van der Waals surface area (Å²) in [7, 11) is 3.91. The molecule has 0 aliphatic rings. The zero-order valence-corrected chi connectivity index (χ0v) is 16.0. The predicted molar refractivity (Wildman–Crippen MR) is 105 cm³/mol. The van der Waals surface area contributed by atoms with Crippen molar-refractivity contribution in [1.82, 2.24) is 5.32 Å². The van der Waals surface area contributed by atoms with Gasteiger partial charge in [0.25, 0.3) is 5.91 Å². The number of hydrogen-bond acceptors (Lipinski definition) is 3. The van der Waals surface area contributed by atoms with Crippen molar-refractivity contribution in [3.8, 4) is 6.07 Å². The van der Waals surface area contributed by atoms with Crippen LogP contribution >= 0.6 is 15.9 Å². The highest BCUT2D eigenvalue weighted by molar-refractivity contribution is 9.10. The normalized spacial score (nSPS) is 12.2. The zero-order valence-electron chi connectivity index (χ0n) is 14.5. The van der Waals surface area contributed by atoms with E-state index in [0.29, 0.717) is 0 Å². The first kappa shape index (κ1) is 18.8. The van der Waals surface area contributed by atoms with Gasteiger partial charge in [-0.1, -0.05) is 36.4 Å². The highest BCUT2D eigenvalue weighted by Gasteiger charge is 2.14. The van der Waals surface area contributed by atoms with E-state index >= 15 is 0 Å². The Kier molecular flexibility index (Phi) is 6.37. The minimum atomic E-state index is -0.383. The van der Waals surface area contributed by atoms with Crippen molar-refractivity contribution in [3.05, 3.63) is 69.7 Å². The lowest BCUT2D eigenvalue weighted by Crippen LogP contribution is -2.27. The van der Waals surface area contributed by atoms with Gasteiger partial charge < -0.3 is 10.2 Å². The van der Waals surface area contributed by atoms with E-state index in [1.165, 1.54) is 0 Å². The third kappa shape index (κ3) is 4.94. The fourth-order valence-corrected chi connectivity index (χ4v) is 3.14. The summed E-state index contributed by atoms with van der Waals surface area (Å²) >= 11 is 3.51. The predicted octanol–water partition coefficient (Wildman–Crippen LogP) is 4.30. The first-order chi connectivity index (χ1) is 11.9. The van der Waals surface area contributed by atoms with E-state index < -0.39 is 0 Å². The van der Waals surface area contributed by atoms with Crippen LogP contribution in [-0.4, -0.2) is 20.0 Å². The van der Waals surface area contributed by atoms with Gasteiger partial charge in [0.1, 0.15) is 11.6 Å². The molecular formula is C20H20BrN3O. The molecule has 128 valence electrons. The second-order valence-corrected chi connectivity index (χ2v) is 6.74. The van der Waals surface area contributed by atoms with E-state index in [0.717, 1.165) is 21.3 Å². The number of hydrogen-bond donors (Lipinski definition) is 1. The number of anilines is 1. The van der Waals surface area contributed by atoms with Crippen molar-refractivity contribution >= 4 is 33.6 Å². The fraction of sp³-hybridized carbons (Fsp3) is 0.200. The number of carbonyl (C=O) groups excluding carboxylic acids is 1. The smallest absolute Gasteiger partial charge is 0.262 e. The maximum Gasteiger partial charge on any atom is 0.262 e. The standard InChI is InChI=1S/C20H20BrN3O/c1-14(16-7-5-4-6-8-16)23-20(25)17(13-22)11-15-9-10-19(24(2)3)18(21)12-15/h4-12,14H,1-3H3,(H,23,25). The molecule has 2 aromatic carbocycles. The van der Waals surface area contributed by atoms with Crippen molar-refractivity contribution < 1.29 is 4.79 Å². The molecule has 0 fully saturated rings. The molecule has 0 aliphatic heterocycles. The number of nitrogens with one attached hydrogen (secondary N) is 1. The van der Waals surface area contributed by atoms with Crippen LogP contribution in [0.2, 0.25) is 0 Å². The van der Waals surface area contributed by atoms with Crippen LogP contribution in [0.1, 0.15) is 24.1 Å². The van der Waals surface area contributed by atoms with Crippen LogP contribution in [0.5, 0.6) is 0 Å². The molecule has 1 N–H and O–H groups in total. The number of amides is 1. The van der Waals surface area contributed by atoms with E-state index in [1.54, 1.807) is 6.08 Å². The Hall–Kier alpha value is -2.58. The van der Waals surface area contributed by atoms with Crippen LogP contribution in [0.4, 0.5) is 5.69 Å². The van der Waals surface area contributed by atoms with Crippen LogP contribution in [0.25, 0.3) is 6.08 Å². The largest absolute Gasteiger partial charge is 0.377 e. The molecule has 0 bridgehead atoms. The van der Waals surface area contributed by atoms with Gasteiger partial charge in [0.2, 0.25) is 0 Å². The molecule has 4 nitrogen and oxygen atoms in total. The van der Waals surface area contributed by atoms with Crippen molar-refractivity contribution in [3.63, 3.8) is 0 Å². The van der Waals surface area contributed by atoms with E-state index in [9.17, 15) is 10.1 Å². The maximum absolute atomic E-state index is 12.4. The van der Waals surface area contributed by atoms with E-state index in [4.69, 9.17) is 0 Å². The summed E-state index contributed by atoms with van der Waals surface area (Å²) in [6.07, 6.45) is 1.59. The number of nitrogens with zero attached hydrogens (tertiary/aromatic N) is 2. The second kappa shape index (κ2) is 8.50. The molecule has 1 unspecified atom stereocenters. The van der Waals surface area contributed by atoms with Crippen LogP contribution < -0.4 is 10.2 Å². The summed E-state index contributed by atoms with van der Waals surface area (Å²) in [6.45, 7) is 1.89. The molecule has 0 radical (unpaired) electrons. The highest BCUT2D eigenvalue weighted by atomic mass is 79.9. The quantitative estimate of drug-likeness (QED) is 0.604. The number of benzene rings is 2. The molecule has 5 heteroatoms. The third-order valence-corrected chi connectivity index (χ3v) is 4.41. The van der Waals surface area contributed by atoms with Crippen LogP contribution in [0.15, 0.2) is 58.6 Å². The SMILES string of the molecule is CC(NC(=O)C(C#N)=Cc1ccc(N(C)C)c(Br)c1)c1ccccc1. The number of rotatable bonds is 5. The third-order valence-electron chi connectivity index (χ3n) is 3.78. The first-order valence-electron chi connectivity index (χ1n) is 7.87. The maximum atomic E-state index is 12.4. The lowest BCUT2D eigenvalue weighted by Gasteiger charge is -2.15. The summed E-state index contributed by atoms with van der Waals surface area (Å²) in [4.78, 5) is 14.4. The molecule has 1 amide bonds. The van der Waals surface area contributed by atoms with Crippen LogP contribution in [-0.2, 0) is 4.79 Å². The van der Waals surface area contributed by atoms with Crippen molar-refractivity contribution in [2.75, 3.05) is 19.0 Å². The minimum absolute atomic E-state index is 0.0762. The summed E-state index contributed by atoms with van der Waals surface area (Å²) < 4.78 is 0.904. The van der Waals surface area contributed by atoms with Gasteiger partial charge in [0.15, 0.2) is 0 Å². The average Bonchev–Trinajstić information content (AvgIpc) is 2.60. The molecule has 2 aromatic rings. The van der Waals surface area contributed by atoms with Crippen molar-refractivity contribution in [2.24, 2.45) is 0 Å². The van der Waals surface area contributed by atoms with Crippen molar-refractivity contribution in [2.45, 2.75) is 13.0 Å². The Morgan fingerprint density at radius 2 is 1.92 bits per heavy atom. The molecule has 25 heavy (non-hydrogen) atoms. The van der Waals surface area contributed by atoms with Gasteiger partial charge in [0.05, 0.1) is 11.7 Å². The Labute approximate surface area is 156 Å². The molecule has 0 aliphatic carbocycles. The Bertz CT molecular complexity index is 823. The molecule has 0 spiro atoms. The molecule has 0 aromatic heterocycles. The number of halogens is 1. The summed E-state index contributed by atoms with van der Waals surface area (Å²) in [5.41, 5.74) is 2.88. The fourth-order valence-electron chi connectivity index (χ4n) is 2.39. The second-order valence-electron chi connectivity index (χ2n) is 5.88. The minimum Gasteiger partial charge on any atom is -0.377 e. The molecule has 0 saturated heterocycles. The average molecular weight is 398 g/mol. The topological polar surface area (TPSA) is 56.1 Å². The highest BCUT2D eigenvalue weighted by Crippen LogP contribution is 2.26. The number of nitriles is 1. The van der Waals surface area contributed by atoms with Gasteiger partial charge in [-0.3, -0.25) is 4.79 Å². The molecule has 1 atom stereocenters. The Morgan fingerprint density at radius 3 is 2.48 bits per heavy atom. The summed E-state index contributed by atoms with van der Waals surface area (Å²) in [5, 5.41) is 12.2. The molecule has 0 heterocycles. The lowest BCUT2D eigenvalue weighted by atomic mass is 10.1. The van der Waals surface area contributed by atoms with E-state index in [1.807, 2.05) is 80.5 Å². The van der Waals surface area contributed by atoms with Gasteiger partial charge in [-0.05, 0) is 52.2 Å². The number of carbonyl (C=O) groups is 1. The molecular weight excluding hydrogens is 378 g/mol. The van der Waals surface area contributed by atoms with Gasteiger partial charge in [-0.2, -0.15) is 5.26 Å². The van der Waals surface area contributed by atoms with E-state index in [-0.39, 0.29) is 17.5 Å². The zero-order chi connectivity index (χ0) is 18.4. The van der Waals surface area contributed by atoms with E-state index in [2.05, 4.69) is 21.2 Å². The summed E-state index contributed by atoms with van der Waals surface area (Å²) in [5.74, 6) is -0.383. The van der Waals surface area contributed by atoms with Gasteiger partial charge in [-0.15, -0.1) is 0 Å².